The van der Waals surface area contributed by atoms with Gasteiger partial charge in [0.25, 0.3) is 5.56 Å². The zero-order chi connectivity index (χ0) is 14.0. The van der Waals surface area contributed by atoms with E-state index in [1.807, 2.05) is 4.68 Å². The van der Waals surface area contributed by atoms with E-state index in [0.29, 0.717) is 17.6 Å². The molecule has 0 spiro atoms. The molecule has 108 valence electrons. The van der Waals surface area contributed by atoms with Crippen LogP contribution >= 0.6 is 0 Å². The Kier molecular flexibility index (Phi) is 4.38. The second kappa shape index (κ2) is 5.85. The number of rotatable bonds is 4. The fraction of sp³-hybridized carbons (Fsp3) is 0.800. The third-order valence-electron chi connectivity index (χ3n) is 4.14. The summed E-state index contributed by atoms with van der Waals surface area (Å²) in [5.41, 5.74) is 7.62. The monoisotopic (exact) mass is 265 g/mol. The highest BCUT2D eigenvalue weighted by Crippen LogP contribution is 2.28. The Morgan fingerprint density at radius 3 is 2.42 bits per heavy atom. The summed E-state index contributed by atoms with van der Waals surface area (Å²) in [6, 6.07) is 0.351. The molecule has 0 aromatic carbocycles. The highest BCUT2D eigenvalue weighted by Gasteiger charge is 2.24. The molecule has 2 rings (SSSR count). The van der Waals surface area contributed by atoms with Crippen molar-refractivity contribution in [1.82, 2.24) is 9.36 Å². The second-order valence-electron chi connectivity index (χ2n) is 6.12. The quantitative estimate of drug-likeness (QED) is 0.910. The van der Waals surface area contributed by atoms with Crippen molar-refractivity contribution in [2.75, 3.05) is 5.73 Å². The Balaban J connectivity index is 2.44. The molecule has 1 aromatic heterocycles. The molecule has 1 aliphatic carbocycles. The summed E-state index contributed by atoms with van der Waals surface area (Å²) in [5, 5.41) is 0. The van der Waals surface area contributed by atoms with E-state index in [1.54, 1.807) is 0 Å². The van der Waals surface area contributed by atoms with Crippen LogP contribution in [-0.2, 0) is 13.0 Å². The van der Waals surface area contributed by atoms with Crippen LogP contribution in [0.1, 0.15) is 64.6 Å². The van der Waals surface area contributed by atoms with Gasteiger partial charge in [0.15, 0.2) is 0 Å². The van der Waals surface area contributed by atoms with Gasteiger partial charge >= 0.3 is 0 Å². The number of anilines is 1. The lowest BCUT2D eigenvalue weighted by atomic mass is 9.96. The van der Waals surface area contributed by atoms with Crippen LogP contribution in [0.5, 0.6) is 0 Å². The molecule has 19 heavy (non-hydrogen) atoms. The first kappa shape index (κ1) is 14.2. The molecular weight excluding hydrogens is 238 g/mol. The summed E-state index contributed by atoms with van der Waals surface area (Å²) >= 11 is 0. The van der Waals surface area contributed by atoms with Crippen molar-refractivity contribution in [3.8, 4) is 0 Å². The molecular formula is C15H27N3O. The first-order valence-corrected chi connectivity index (χ1v) is 7.65. The normalized spacial score (nSPS) is 17.3. The molecule has 1 aliphatic rings. The van der Waals surface area contributed by atoms with Gasteiger partial charge in [0.05, 0.1) is 11.7 Å². The van der Waals surface area contributed by atoms with E-state index >= 15 is 0 Å². The third-order valence-corrected chi connectivity index (χ3v) is 4.14. The van der Waals surface area contributed by atoms with Crippen LogP contribution in [0.3, 0.4) is 0 Å². The van der Waals surface area contributed by atoms with Crippen LogP contribution in [0.15, 0.2) is 4.79 Å². The SMILES string of the molecule is CCn1c(CC(C)C)c(N)c(=O)n1C1CCCCC1. The predicted octanol–water partition coefficient (Wildman–Crippen LogP) is 2.96. The first-order chi connectivity index (χ1) is 9.06. The second-order valence-corrected chi connectivity index (χ2v) is 6.12. The minimum atomic E-state index is 0.0319. The van der Waals surface area contributed by atoms with Gasteiger partial charge < -0.3 is 5.73 Å². The van der Waals surface area contributed by atoms with E-state index in [4.69, 9.17) is 5.73 Å². The largest absolute Gasteiger partial charge is 0.393 e. The van der Waals surface area contributed by atoms with Crippen LogP contribution in [0.2, 0.25) is 0 Å². The van der Waals surface area contributed by atoms with E-state index in [0.717, 1.165) is 31.5 Å². The maximum Gasteiger partial charge on any atom is 0.290 e. The van der Waals surface area contributed by atoms with Crippen molar-refractivity contribution in [3.05, 3.63) is 16.0 Å². The van der Waals surface area contributed by atoms with Gasteiger partial charge in [-0.1, -0.05) is 33.1 Å². The molecule has 0 amide bonds. The van der Waals surface area contributed by atoms with E-state index in [2.05, 4.69) is 25.5 Å². The summed E-state index contributed by atoms with van der Waals surface area (Å²) in [5.74, 6) is 0.515. The van der Waals surface area contributed by atoms with Crippen molar-refractivity contribution in [2.24, 2.45) is 5.92 Å². The van der Waals surface area contributed by atoms with Gasteiger partial charge in [0.1, 0.15) is 5.69 Å². The zero-order valence-electron chi connectivity index (χ0n) is 12.5. The fourth-order valence-corrected chi connectivity index (χ4v) is 3.26. The summed E-state index contributed by atoms with van der Waals surface area (Å²) in [6.45, 7) is 7.26. The molecule has 1 fully saturated rings. The van der Waals surface area contributed by atoms with E-state index in [9.17, 15) is 4.79 Å². The van der Waals surface area contributed by atoms with Crippen molar-refractivity contribution in [3.63, 3.8) is 0 Å². The molecule has 2 N–H and O–H groups in total. The Labute approximate surface area is 115 Å². The molecule has 0 aliphatic heterocycles. The van der Waals surface area contributed by atoms with Gasteiger partial charge in [-0.2, -0.15) is 0 Å². The van der Waals surface area contributed by atoms with Gasteiger partial charge in [0.2, 0.25) is 0 Å². The Morgan fingerprint density at radius 1 is 1.26 bits per heavy atom. The van der Waals surface area contributed by atoms with Crippen molar-refractivity contribution >= 4 is 5.69 Å². The third kappa shape index (κ3) is 2.72. The minimum Gasteiger partial charge on any atom is -0.393 e. The Hall–Kier alpha value is -1.19. The highest BCUT2D eigenvalue weighted by atomic mass is 16.1. The molecule has 0 bridgehead atoms. The van der Waals surface area contributed by atoms with Gasteiger partial charge in [-0.25, -0.2) is 4.68 Å². The average molecular weight is 265 g/mol. The topological polar surface area (TPSA) is 52.9 Å². The Bertz CT molecular complexity index is 478. The van der Waals surface area contributed by atoms with Crippen molar-refractivity contribution < 1.29 is 0 Å². The summed E-state index contributed by atoms with van der Waals surface area (Å²) < 4.78 is 4.08. The number of nitrogens with zero attached hydrogens (tertiary/aromatic N) is 2. The molecule has 1 aromatic rings. The summed E-state index contributed by atoms with van der Waals surface area (Å²) in [4.78, 5) is 12.5. The standard InChI is InChI=1S/C15H27N3O/c1-4-17-13(10-11(2)3)14(16)15(19)18(17)12-8-6-5-7-9-12/h11-12H,4-10,16H2,1-3H3. The van der Waals surface area contributed by atoms with E-state index < -0.39 is 0 Å². The molecule has 1 saturated carbocycles. The maximum absolute atomic E-state index is 12.5. The lowest BCUT2D eigenvalue weighted by Crippen LogP contribution is -2.29. The lowest BCUT2D eigenvalue weighted by molar-refractivity contribution is 0.280. The van der Waals surface area contributed by atoms with Crippen LogP contribution in [0.25, 0.3) is 0 Å². The van der Waals surface area contributed by atoms with Crippen LogP contribution < -0.4 is 11.3 Å². The van der Waals surface area contributed by atoms with Crippen LogP contribution in [0, 0.1) is 5.92 Å². The van der Waals surface area contributed by atoms with Crippen LogP contribution in [-0.4, -0.2) is 9.36 Å². The first-order valence-electron chi connectivity index (χ1n) is 7.65. The van der Waals surface area contributed by atoms with E-state index in [-0.39, 0.29) is 5.56 Å². The van der Waals surface area contributed by atoms with Gasteiger partial charge in [-0.05, 0) is 32.1 Å². The van der Waals surface area contributed by atoms with Crippen molar-refractivity contribution in [2.45, 2.75) is 71.9 Å². The highest BCUT2D eigenvalue weighted by molar-refractivity contribution is 5.42. The number of nitrogens with two attached hydrogens (primary N) is 1. The van der Waals surface area contributed by atoms with Gasteiger partial charge in [0, 0.05) is 6.54 Å². The van der Waals surface area contributed by atoms with E-state index in [1.165, 1.54) is 19.3 Å². The van der Waals surface area contributed by atoms with Gasteiger partial charge in [-0.3, -0.25) is 9.48 Å². The molecule has 0 saturated heterocycles. The molecule has 0 atom stereocenters. The summed E-state index contributed by atoms with van der Waals surface area (Å²) in [7, 11) is 0. The fourth-order valence-electron chi connectivity index (χ4n) is 3.26. The maximum atomic E-state index is 12.5. The lowest BCUT2D eigenvalue weighted by Gasteiger charge is -2.26. The number of hydrogen-bond donors (Lipinski definition) is 1. The zero-order valence-corrected chi connectivity index (χ0v) is 12.5. The van der Waals surface area contributed by atoms with Crippen molar-refractivity contribution in [1.29, 1.82) is 0 Å². The number of aromatic nitrogens is 2. The average Bonchev–Trinajstić information content (AvgIpc) is 2.63. The molecule has 4 nitrogen and oxygen atoms in total. The molecule has 0 radical (unpaired) electrons. The Morgan fingerprint density at radius 2 is 1.89 bits per heavy atom. The van der Waals surface area contributed by atoms with Gasteiger partial charge in [-0.15, -0.1) is 0 Å². The predicted molar refractivity (Wildman–Crippen MR) is 79.4 cm³/mol. The van der Waals surface area contributed by atoms with Crippen LogP contribution in [0.4, 0.5) is 5.69 Å². The summed E-state index contributed by atoms with van der Waals surface area (Å²) in [6.07, 6.45) is 6.87. The molecule has 4 heteroatoms. The smallest absolute Gasteiger partial charge is 0.290 e. The minimum absolute atomic E-state index is 0.0319. The number of hydrogen-bond acceptors (Lipinski definition) is 2. The molecule has 1 heterocycles. The molecule has 0 unspecified atom stereocenters. The number of nitrogen functional groups attached to an aromatic ring is 1.